The van der Waals surface area contributed by atoms with Crippen molar-refractivity contribution >= 4 is 49.5 Å². The Morgan fingerprint density at radius 1 is 0.389 bits per heavy atom. The maximum absolute atomic E-state index is 6.29. The standard InChI is InChI=1S/C51H30N2O/c1-6-18-40-33(13-1)34-14-2-7-19-41(34)51(40)42-20-8-3-15-35(42)38-30-32(26-27-43(38)51)52-45-22-10-11-23-46(45)53-44-21-9-4-17-37(44)49(50(52)53)31-25-28-48-39(29-31)36-16-5-12-24-47(36)54-48/h1-30H. The first-order chi connectivity index (χ1) is 26.8. The minimum absolute atomic E-state index is 0.372. The number of rotatable bonds is 2. The van der Waals surface area contributed by atoms with Gasteiger partial charge in [0.15, 0.2) is 0 Å². The Labute approximate surface area is 310 Å². The van der Waals surface area contributed by atoms with Gasteiger partial charge in [0.1, 0.15) is 16.8 Å². The molecule has 250 valence electrons. The predicted molar refractivity (Wildman–Crippen MR) is 221 cm³/mol. The lowest BCUT2D eigenvalue weighted by Gasteiger charge is -2.30. The summed E-state index contributed by atoms with van der Waals surface area (Å²) in [4.78, 5) is 0. The highest BCUT2D eigenvalue weighted by molar-refractivity contribution is 6.12. The van der Waals surface area contributed by atoms with Gasteiger partial charge in [0.2, 0.25) is 0 Å². The number of nitrogens with zero attached hydrogens (tertiary/aromatic N) is 2. The number of furan rings is 1. The Morgan fingerprint density at radius 3 is 1.69 bits per heavy atom. The zero-order valence-corrected chi connectivity index (χ0v) is 29.1. The van der Waals surface area contributed by atoms with E-state index in [1.165, 1.54) is 77.6 Å². The number of aromatic nitrogens is 2. The smallest absolute Gasteiger partial charge is 0.135 e. The molecule has 0 N–H and O–H groups in total. The van der Waals surface area contributed by atoms with Crippen molar-refractivity contribution in [3.63, 3.8) is 0 Å². The van der Waals surface area contributed by atoms with Gasteiger partial charge < -0.3 is 4.42 Å². The summed E-state index contributed by atoms with van der Waals surface area (Å²) < 4.78 is 11.2. The predicted octanol–water partition coefficient (Wildman–Crippen LogP) is 12.9. The van der Waals surface area contributed by atoms with E-state index in [2.05, 4.69) is 185 Å². The molecule has 54 heavy (non-hydrogen) atoms. The third-order valence-electron chi connectivity index (χ3n) is 12.3. The fourth-order valence-electron chi connectivity index (χ4n) is 10.3. The van der Waals surface area contributed by atoms with Gasteiger partial charge in [-0.25, -0.2) is 0 Å². The number of para-hydroxylation sites is 4. The van der Waals surface area contributed by atoms with Crippen molar-refractivity contribution in [3.8, 4) is 39.1 Å². The molecular weight excluding hydrogens is 657 g/mol. The zero-order chi connectivity index (χ0) is 35.1. The first-order valence-corrected chi connectivity index (χ1v) is 18.7. The van der Waals surface area contributed by atoms with Crippen LogP contribution in [0.4, 0.5) is 0 Å². The Morgan fingerprint density at radius 2 is 0.944 bits per heavy atom. The maximum atomic E-state index is 6.29. The van der Waals surface area contributed by atoms with Gasteiger partial charge in [0.05, 0.1) is 22.0 Å². The molecule has 0 aliphatic heterocycles. The second-order valence-corrected chi connectivity index (χ2v) is 14.8. The first kappa shape index (κ1) is 28.5. The van der Waals surface area contributed by atoms with Crippen LogP contribution in [0.1, 0.15) is 22.3 Å². The molecule has 3 heterocycles. The number of fused-ring (bicyclic) bond motifs is 18. The van der Waals surface area contributed by atoms with Crippen LogP contribution >= 0.6 is 0 Å². The summed E-state index contributed by atoms with van der Waals surface area (Å²) in [5.41, 5.74) is 20.3. The molecule has 3 heteroatoms. The zero-order valence-electron chi connectivity index (χ0n) is 29.1. The fraction of sp³-hybridized carbons (Fsp3) is 0.0196. The number of benzene rings is 8. The van der Waals surface area contributed by atoms with Gasteiger partial charge in [-0.05, 0) is 98.6 Å². The minimum atomic E-state index is -0.372. The fourth-order valence-corrected chi connectivity index (χ4v) is 10.3. The molecular formula is C51H30N2O. The van der Waals surface area contributed by atoms with Crippen molar-refractivity contribution in [2.24, 2.45) is 0 Å². The Bertz CT molecular complexity index is 3360. The summed E-state index contributed by atoms with van der Waals surface area (Å²) in [6.45, 7) is 0. The van der Waals surface area contributed by atoms with E-state index in [1.807, 2.05) is 6.07 Å². The minimum Gasteiger partial charge on any atom is -0.456 e. The molecule has 11 aromatic rings. The van der Waals surface area contributed by atoms with Crippen LogP contribution in [0, 0.1) is 0 Å². The second-order valence-electron chi connectivity index (χ2n) is 14.8. The van der Waals surface area contributed by atoms with Crippen molar-refractivity contribution in [2.45, 2.75) is 5.41 Å². The summed E-state index contributed by atoms with van der Waals surface area (Å²) >= 11 is 0. The average molecular weight is 687 g/mol. The largest absolute Gasteiger partial charge is 0.456 e. The molecule has 0 saturated heterocycles. The van der Waals surface area contributed by atoms with Crippen LogP contribution in [0.5, 0.6) is 0 Å². The summed E-state index contributed by atoms with van der Waals surface area (Å²) in [6, 6.07) is 67.0. The molecule has 0 fully saturated rings. The van der Waals surface area contributed by atoms with E-state index >= 15 is 0 Å². The molecule has 0 unspecified atom stereocenters. The monoisotopic (exact) mass is 686 g/mol. The maximum Gasteiger partial charge on any atom is 0.135 e. The van der Waals surface area contributed by atoms with Gasteiger partial charge in [0.25, 0.3) is 0 Å². The van der Waals surface area contributed by atoms with E-state index in [0.717, 1.165) is 33.3 Å². The summed E-state index contributed by atoms with van der Waals surface area (Å²) in [6.07, 6.45) is 0. The quantitative estimate of drug-likeness (QED) is 0.177. The van der Waals surface area contributed by atoms with Crippen LogP contribution in [0.25, 0.3) is 88.6 Å². The van der Waals surface area contributed by atoms with Crippen LogP contribution in [0.3, 0.4) is 0 Å². The molecule has 3 nitrogen and oxygen atoms in total. The van der Waals surface area contributed by atoms with Crippen LogP contribution in [0.2, 0.25) is 0 Å². The van der Waals surface area contributed by atoms with Crippen LogP contribution < -0.4 is 0 Å². The highest BCUT2D eigenvalue weighted by atomic mass is 16.3. The van der Waals surface area contributed by atoms with Gasteiger partial charge >= 0.3 is 0 Å². The van der Waals surface area contributed by atoms with Gasteiger partial charge in [0, 0.05) is 27.4 Å². The van der Waals surface area contributed by atoms with Crippen LogP contribution in [-0.4, -0.2) is 8.97 Å². The Kier molecular flexibility index (Phi) is 5.31. The Hall–Kier alpha value is -7.10. The van der Waals surface area contributed by atoms with Crippen LogP contribution in [-0.2, 0) is 5.41 Å². The number of hydrogen-bond acceptors (Lipinski definition) is 1. The van der Waals surface area contributed by atoms with Crippen molar-refractivity contribution in [1.82, 2.24) is 8.97 Å². The molecule has 1 spiro atoms. The normalized spacial score (nSPS) is 13.7. The molecule has 0 atom stereocenters. The van der Waals surface area contributed by atoms with E-state index in [1.54, 1.807) is 0 Å². The molecule has 2 aliphatic carbocycles. The van der Waals surface area contributed by atoms with Gasteiger partial charge in [-0.1, -0.05) is 133 Å². The lowest BCUT2D eigenvalue weighted by molar-refractivity contribution is 0.669. The van der Waals surface area contributed by atoms with Crippen molar-refractivity contribution in [3.05, 3.63) is 204 Å². The molecule has 8 aromatic carbocycles. The van der Waals surface area contributed by atoms with E-state index in [-0.39, 0.29) is 5.41 Å². The van der Waals surface area contributed by atoms with Gasteiger partial charge in [-0.15, -0.1) is 0 Å². The molecule has 0 radical (unpaired) electrons. The molecule has 0 saturated carbocycles. The SMILES string of the molecule is c1ccc2c(c1)-c1ccccc1C21c2ccccc2-c2cc(-n3c4ccccc4n4c5ccccc5c(-c5ccc6oc7ccccc7c6c5)c34)ccc21. The molecule has 3 aromatic heterocycles. The van der Waals surface area contributed by atoms with E-state index in [4.69, 9.17) is 4.42 Å². The second kappa shape index (κ2) is 10.1. The molecule has 0 bridgehead atoms. The van der Waals surface area contributed by atoms with Crippen molar-refractivity contribution < 1.29 is 4.42 Å². The van der Waals surface area contributed by atoms with E-state index in [0.29, 0.717) is 0 Å². The molecule has 2 aliphatic rings. The topological polar surface area (TPSA) is 22.5 Å². The third kappa shape index (κ3) is 3.34. The molecule has 0 amide bonds. The van der Waals surface area contributed by atoms with Crippen LogP contribution in [0.15, 0.2) is 186 Å². The van der Waals surface area contributed by atoms with Crippen molar-refractivity contribution in [1.29, 1.82) is 0 Å². The van der Waals surface area contributed by atoms with Gasteiger partial charge in [-0.2, -0.15) is 0 Å². The third-order valence-corrected chi connectivity index (χ3v) is 12.3. The summed E-state index contributed by atoms with van der Waals surface area (Å²) in [7, 11) is 0. The summed E-state index contributed by atoms with van der Waals surface area (Å²) in [5.74, 6) is 0. The highest BCUT2D eigenvalue weighted by Crippen LogP contribution is 2.63. The Balaban J connectivity index is 1.14. The summed E-state index contributed by atoms with van der Waals surface area (Å²) in [5, 5.41) is 3.49. The highest BCUT2D eigenvalue weighted by Gasteiger charge is 2.51. The number of hydrogen-bond donors (Lipinski definition) is 0. The van der Waals surface area contributed by atoms with E-state index in [9.17, 15) is 0 Å². The van der Waals surface area contributed by atoms with Gasteiger partial charge in [-0.3, -0.25) is 8.97 Å². The lowest BCUT2D eigenvalue weighted by Crippen LogP contribution is -2.25. The lowest BCUT2D eigenvalue weighted by atomic mass is 9.70. The number of imidazole rings is 1. The molecule has 13 rings (SSSR count). The van der Waals surface area contributed by atoms with E-state index < -0.39 is 0 Å². The van der Waals surface area contributed by atoms with Crippen molar-refractivity contribution in [2.75, 3.05) is 0 Å². The first-order valence-electron chi connectivity index (χ1n) is 18.7. The average Bonchev–Trinajstić information content (AvgIpc) is 4.01.